The van der Waals surface area contributed by atoms with Gasteiger partial charge in [-0.25, -0.2) is 9.78 Å². The average molecular weight is 367 g/mol. The van der Waals surface area contributed by atoms with Gasteiger partial charge in [-0.3, -0.25) is 0 Å². The Labute approximate surface area is 156 Å². The van der Waals surface area contributed by atoms with Crippen LogP contribution in [0.3, 0.4) is 0 Å². The number of piperidine rings is 1. The van der Waals surface area contributed by atoms with Gasteiger partial charge in [0.15, 0.2) is 11.5 Å². The van der Waals surface area contributed by atoms with Crippen molar-refractivity contribution in [3.63, 3.8) is 0 Å². The first kappa shape index (κ1) is 17.0. The lowest BCUT2D eigenvalue weighted by Crippen LogP contribution is -2.40. The maximum Gasteiger partial charge on any atom is 0.321 e. The molecule has 5 nitrogen and oxygen atoms in total. The Hall–Kier alpha value is -2.47. The number of nitrogens with one attached hydrogen (secondary N) is 1. The molecule has 3 aromatic rings. The van der Waals surface area contributed by atoms with E-state index in [4.69, 9.17) is 4.42 Å². The second-order valence-electron chi connectivity index (χ2n) is 6.44. The van der Waals surface area contributed by atoms with Crippen molar-refractivity contribution < 1.29 is 9.21 Å². The Morgan fingerprint density at radius 1 is 1.15 bits per heavy atom. The van der Waals surface area contributed by atoms with E-state index in [0.29, 0.717) is 13.1 Å². The van der Waals surface area contributed by atoms with Gasteiger partial charge in [0.25, 0.3) is 0 Å². The van der Waals surface area contributed by atoms with Crippen molar-refractivity contribution in [1.82, 2.24) is 9.88 Å². The summed E-state index contributed by atoms with van der Waals surface area (Å²) in [5.74, 6) is 1.06. The van der Waals surface area contributed by atoms with Crippen LogP contribution in [0.1, 0.15) is 24.7 Å². The standard InChI is InChI=1S/C20H21N3O2S/c1-26-16-8-6-15(7-9-16)21-20(24)23-12-10-14(11-13-23)19-22-17-4-2-3-5-18(17)25-19/h2-9,14H,10-13H2,1H3,(H,21,24). The number of benzene rings is 2. The van der Waals surface area contributed by atoms with Crippen molar-refractivity contribution in [2.24, 2.45) is 0 Å². The Bertz CT molecular complexity index is 866. The summed E-state index contributed by atoms with van der Waals surface area (Å²) in [7, 11) is 0. The summed E-state index contributed by atoms with van der Waals surface area (Å²) in [5, 5.41) is 2.98. The first-order valence-corrected chi connectivity index (χ1v) is 10.0. The Balaban J connectivity index is 1.35. The Kier molecular flexibility index (Phi) is 4.84. The highest BCUT2D eigenvalue weighted by Crippen LogP contribution is 2.30. The second kappa shape index (κ2) is 7.41. The van der Waals surface area contributed by atoms with Gasteiger partial charge in [0.1, 0.15) is 5.52 Å². The monoisotopic (exact) mass is 367 g/mol. The topological polar surface area (TPSA) is 58.4 Å². The summed E-state index contributed by atoms with van der Waals surface area (Å²) in [6.45, 7) is 1.41. The highest BCUT2D eigenvalue weighted by Gasteiger charge is 2.27. The van der Waals surface area contributed by atoms with Crippen molar-refractivity contribution in [2.75, 3.05) is 24.7 Å². The molecule has 2 amide bonds. The fourth-order valence-electron chi connectivity index (χ4n) is 3.27. The number of thioether (sulfide) groups is 1. The highest BCUT2D eigenvalue weighted by molar-refractivity contribution is 7.98. The molecule has 2 aromatic carbocycles. The van der Waals surface area contributed by atoms with Crippen molar-refractivity contribution in [3.8, 4) is 0 Å². The number of amides is 2. The van der Waals surface area contributed by atoms with Gasteiger partial charge in [0.2, 0.25) is 0 Å². The zero-order chi connectivity index (χ0) is 17.9. The summed E-state index contributed by atoms with van der Waals surface area (Å²) in [6, 6.07) is 15.7. The van der Waals surface area contributed by atoms with E-state index in [1.165, 1.54) is 4.90 Å². The molecule has 0 bridgehead atoms. The lowest BCUT2D eigenvalue weighted by molar-refractivity contribution is 0.190. The van der Waals surface area contributed by atoms with E-state index in [0.717, 1.165) is 35.5 Å². The first-order valence-electron chi connectivity index (χ1n) is 8.78. The number of para-hydroxylation sites is 2. The van der Waals surface area contributed by atoms with E-state index >= 15 is 0 Å². The fraction of sp³-hybridized carbons (Fsp3) is 0.300. The van der Waals surface area contributed by atoms with Crippen LogP contribution >= 0.6 is 11.8 Å². The second-order valence-corrected chi connectivity index (χ2v) is 7.32. The van der Waals surface area contributed by atoms with E-state index < -0.39 is 0 Å². The van der Waals surface area contributed by atoms with Crippen LogP contribution in [0, 0.1) is 0 Å². The SMILES string of the molecule is CSc1ccc(NC(=O)N2CCC(c3nc4ccccc4o3)CC2)cc1. The van der Waals surface area contributed by atoms with Gasteiger partial charge < -0.3 is 14.6 Å². The minimum absolute atomic E-state index is 0.0436. The molecule has 0 aliphatic carbocycles. The molecule has 1 fully saturated rings. The fourth-order valence-corrected chi connectivity index (χ4v) is 3.68. The molecule has 1 aliphatic rings. The number of carbonyl (C=O) groups excluding carboxylic acids is 1. The molecule has 0 radical (unpaired) electrons. The number of urea groups is 1. The number of hydrogen-bond acceptors (Lipinski definition) is 4. The maximum atomic E-state index is 12.5. The van der Waals surface area contributed by atoms with E-state index in [1.54, 1.807) is 11.8 Å². The molecule has 134 valence electrons. The molecule has 0 unspecified atom stereocenters. The first-order chi connectivity index (χ1) is 12.7. The van der Waals surface area contributed by atoms with Gasteiger partial charge in [-0.1, -0.05) is 12.1 Å². The third-order valence-electron chi connectivity index (χ3n) is 4.78. The third kappa shape index (κ3) is 3.55. The lowest BCUT2D eigenvalue weighted by Gasteiger charge is -2.30. The predicted molar refractivity (Wildman–Crippen MR) is 105 cm³/mol. The van der Waals surface area contributed by atoms with Crippen LogP contribution in [0.4, 0.5) is 10.5 Å². The quantitative estimate of drug-likeness (QED) is 0.665. The summed E-state index contributed by atoms with van der Waals surface area (Å²) < 4.78 is 5.89. The summed E-state index contributed by atoms with van der Waals surface area (Å²) >= 11 is 1.69. The van der Waals surface area contributed by atoms with Crippen molar-refractivity contribution in [1.29, 1.82) is 0 Å². The van der Waals surface area contributed by atoms with Crippen LogP contribution in [-0.4, -0.2) is 35.3 Å². The molecule has 1 aromatic heterocycles. The molecule has 1 aliphatic heterocycles. The highest BCUT2D eigenvalue weighted by atomic mass is 32.2. The number of rotatable bonds is 3. The molecule has 0 spiro atoms. The van der Waals surface area contributed by atoms with Crippen LogP contribution in [0.15, 0.2) is 57.8 Å². The smallest absolute Gasteiger partial charge is 0.321 e. The van der Waals surface area contributed by atoms with E-state index in [-0.39, 0.29) is 11.9 Å². The Morgan fingerprint density at radius 2 is 1.88 bits per heavy atom. The molecule has 1 N–H and O–H groups in total. The van der Waals surface area contributed by atoms with E-state index in [1.807, 2.05) is 59.7 Å². The van der Waals surface area contributed by atoms with E-state index in [2.05, 4.69) is 10.3 Å². The van der Waals surface area contributed by atoms with Crippen LogP contribution in [0.25, 0.3) is 11.1 Å². The number of aromatic nitrogens is 1. The van der Waals surface area contributed by atoms with Gasteiger partial charge in [-0.15, -0.1) is 11.8 Å². The molecular weight excluding hydrogens is 346 g/mol. The number of oxazole rings is 1. The van der Waals surface area contributed by atoms with Crippen LogP contribution in [0.5, 0.6) is 0 Å². The average Bonchev–Trinajstić information content (AvgIpc) is 3.13. The zero-order valence-corrected chi connectivity index (χ0v) is 15.5. The number of hydrogen-bond donors (Lipinski definition) is 1. The zero-order valence-electron chi connectivity index (χ0n) is 14.6. The van der Waals surface area contributed by atoms with Gasteiger partial charge in [0, 0.05) is 29.6 Å². The van der Waals surface area contributed by atoms with Gasteiger partial charge in [-0.05, 0) is 55.5 Å². The van der Waals surface area contributed by atoms with Crippen molar-refractivity contribution in [3.05, 3.63) is 54.4 Å². The number of nitrogens with zero attached hydrogens (tertiary/aromatic N) is 2. The predicted octanol–water partition coefficient (Wildman–Crippen LogP) is 4.96. The van der Waals surface area contributed by atoms with Gasteiger partial charge >= 0.3 is 6.03 Å². The molecule has 2 heterocycles. The maximum absolute atomic E-state index is 12.5. The molecule has 6 heteroatoms. The van der Waals surface area contributed by atoms with Crippen LogP contribution < -0.4 is 5.32 Å². The summed E-state index contributed by atoms with van der Waals surface area (Å²) in [4.78, 5) is 20.1. The number of fused-ring (bicyclic) bond motifs is 1. The minimum atomic E-state index is -0.0436. The van der Waals surface area contributed by atoms with Crippen LogP contribution in [-0.2, 0) is 0 Å². The van der Waals surface area contributed by atoms with Crippen molar-refractivity contribution in [2.45, 2.75) is 23.7 Å². The molecule has 0 atom stereocenters. The number of anilines is 1. The number of likely N-dealkylation sites (tertiary alicyclic amines) is 1. The lowest BCUT2D eigenvalue weighted by atomic mass is 9.97. The van der Waals surface area contributed by atoms with Crippen molar-refractivity contribution >= 4 is 34.6 Å². The normalized spacial score (nSPS) is 15.3. The van der Waals surface area contributed by atoms with Gasteiger partial charge in [-0.2, -0.15) is 0 Å². The third-order valence-corrected chi connectivity index (χ3v) is 5.53. The van der Waals surface area contributed by atoms with E-state index in [9.17, 15) is 4.79 Å². The largest absolute Gasteiger partial charge is 0.440 e. The Morgan fingerprint density at radius 3 is 2.58 bits per heavy atom. The summed E-state index contributed by atoms with van der Waals surface area (Å²) in [6.07, 6.45) is 3.77. The molecule has 4 rings (SSSR count). The van der Waals surface area contributed by atoms with Crippen LogP contribution in [0.2, 0.25) is 0 Å². The molecule has 26 heavy (non-hydrogen) atoms. The molecule has 0 saturated carbocycles. The van der Waals surface area contributed by atoms with Gasteiger partial charge in [0.05, 0.1) is 0 Å². The number of carbonyl (C=O) groups is 1. The molecular formula is C20H21N3O2S. The summed E-state index contributed by atoms with van der Waals surface area (Å²) in [5.41, 5.74) is 2.56. The molecule has 1 saturated heterocycles. The minimum Gasteiger partial charge on any atom is -0.440 e.